The topological polar surface area (TPSA) is 15.3 Å². The molecule has 0 saturated carbocycles. The summed E-state index contributed by atoms with van der Waals surface area (Å²) >= 11 is 0. The molecule has 2 atom stereocenters. The van der Waals surface area contributed by atoms with Crippen molar-refractivity contribution in [2.75, 3.05) is 20.1 Å². The highest BCUT2D eigenvalue weighted by atomic mass is 15.3. The zero-order valence-corrected chi connectivity index (χ0v) is 6.52. The summed E-state index contributed by atoms with van der Waals surface area (Å²) < 4.78 is 0. The number of fused-ring (bicyclic) bond motifs is 1. The van der Waals surface area contributed by atoms with Crippen molar-refractivity contribution < 1.29 is 0 Å². The highest BCUT2D eigenvalue weighted by Gasteiger charge is 2.42. The van der Waals surface area contributed by atoms with Crippen LogP contribution in [0.4, 0.5) is 0 Å². The molecule has 0 bridgehead atoms. The predicted octanol–water partition coefficient (Wildman–Crippen LogP) is 0.298. The third kappa shape index (κ3) is 0.970. The standard InChI is InChI=1S/C5H10N2.C2H6/c1-7-3-4-5(7)2-6-4;1-2/h4-6H,2-3H2,1H3;1-2H3. The maximum Gasteiger partial charge on any atom is 0.0384 e. The van der Waals surface area contributed by atoms with Crippen LogP contribution >= 0.6 is 0 Å². The molecule has 2 heteroatoms. The summed E-state index contributed by atoms with van der Waals surface area (Å²) in [5.74, 6) is 0. The van der Waals surface area contributed by atoms with E-state index in [1.54, 1.807) is 0 Å². The molecule has 0 aromatic heterocycles. The van der Waals surface area contributed by atoms with Gasteiger partial charge in [-0.1, -0.05) is 13.8 Å². The highest BCUT2D eigenvalue weighted by Crippen LogP contribution is 2.21. The Morgan fingerprint density at radius 2 is 2.11 bits per heavy atom. The summed E-state index contributed by atoms with van der Waals surface area (Å²) in [4.78, 5) is 2.39. The van der Waals surface area contributed by atoms with E-state index in [0.717, 1.165) is 12.1 Å². The normalized spacial score (nSPS) is 39.0. The van der Waals surface area contributed by atoms with Crippen molar-refractivity contribution in [1.29, 1.82) is 0 Å². The van der Waals surface area contributed by atoms with Crippen LogP contribution in [0.25, 0.3) is 0 Å². The summed E-state index contributed by atoms with van der Waals surface area (Å²) in [6.45, 7) is 6.49. The number of likely N-dealkylation sites (N-methyl/N-ethyl adjacent to an activating group) is 1. The summed E-state index contributed by atoms with van der Waals surface area (Å²) in [5, 5.41) is 3.33. The van der Waals surface area contributed by atoms with Gasteiger partial charge >= 0.3 is 0 Å². The van der Waals surface area contributed by atoms with E-state index in [4.69, 9.17) is 0 Å². The molecule has 2 rings (SSSR count). The van der Waals surface area contributed by atoms with Crippen LogP contribution in [0.5, 0.6) is 0 Å². The van der Waals surface area contributed by atoms with Crippen LogP contribution in [-0.2, 0) is 0 Å². The lowest BCUT2D eigenvalue weighted by Gasteiger charge is -2.54. The molecule has 9 heavy (non-hydrogen) atoms. The molecule has 0 radical (unpaired) electrons. The molecule has 2 heterocycles. The SMILES string of the molecule is CC.CN1CC2NCC21. The lowest BCUT2D eigenvalue weighted by atomic mass is 9.90. The second kappa shape index (κ2) is 2.67. The van der Waals surface area contributed by atoms with Crippen molar-refractivity contribution in [3.05, 3.63) is 0 Å². The first-order valence-corrected chi connectivity index (χ1v) is 3.81. The van der Waals surface area contributed by atoms with Gasteiger partial charge in [-0.3, -0.25) is 4.90 Å². The number of piperazine rings is 1. The summed E-state index contributed by atoms with van der Waals surface area (Å²) in [5.41, 5.74) is 0. The van der Waals surface area contributed by atoms with Crippen molar-refractivity contribution in [3.63, 3.8) is 0 Å². The van der Waals surface area contributed by atoms with Gasteiger partial charge in [0.05, 0.1) is 0 Å². The number of nitrogens with zero attached hydrogens (tertiary/aromatic N) is 1. The highest BCUT2D eigenvalue weighted by molar-refractivity contribution is 5.04. The minimum atomic E-state index is 0.866. The number of hydrogen-bond donors (Lipinski definition) is 1. The van der Waals surface area contributed by atoms with E-state index in [1.807, 2.05) is 13.8 Å². The molecule has 2 unspecified atom stereocenters. The Balaban J connectivity index is 0.000000186. The molecule has 2 aliphatic heterocycles. The molecule has 2 aliphatic rings. The van der Waals surface area contributed by atoms with E-state index in [2.05, 4.69) is 17.3 Å². The Bertz CT molecular complexity index is 88.9. The minimum absolute atomic E-state index is 0.866. The molecule has 2 fully saturated rings. The molecule has 0 amide bonds. The summed E-state index contributed by atoms with van der Waals surface area (Å²) in [7, 11) is 2.18. The molecule has 0 aromatic rings. The van der Waals surface area contributed by atoms with Crippen molar-refractivity contribution in [2.24, 2.45) is 0 Å². The molecule has 0 aromatic carbocycles. The van der Waals surface area contributed by atoms with Crippen LogP contribution in [0.2, 0.25) is 0 Å². The van der Waals surface area contributed by atoms with Gasteiger partial charge in [0, 0.05) is 25.2 Å². The van der Waals surface area contributed by atoms with Crippen molar-refractivity contribution >= 4 is 0 Å². The molecule has 54 valence electrons. The van der Waals surface area contributed by atoms with Gasteiger partial charge < -0.3 is 5.32 Å². The maximum atomic E-state index is 3.33. The Morgan fingerprint density at radius 3 is 2.11 bits per heavy atom. The van der Waals surface area contributed by atoms with E-state index in [9.17, 15) is 0 Å². The molecule has 2 nitrogen and oxygen atoms in total. The second-order valence-corrected chi connectivity index (χ2v) is 2.52. The monoisotopic (exact) mass is 128 g/mol. The average Bonchev–Trinajstić information content (AvgIpc) is 1.87. The van der Waals surface area contributed by atoms with E-state index in [-0.39, 0.29) is 0 Å². The van der Waals surface area contributed by atoms with Gasteiger partial charge in [0.25, 0.3) is 0 Å². The van der Waals surface area contributed by atoms with Crippen LogP contribution in [0.1, 0.15) is 13.8 Å². The average molecular weight is 128 g/mol. The van der Waals surface area contributed by atoms with E-state index >= 15 is 0 Å². The zero-order valence-electron chi connectivity index (χ0n) is 6.52. The number of hydrogen-bond acceptors (Lipinski definition) is 2. The second-order valence-electron chi connectivity index (χ2n) is 2.52. The van der Waals surface area contributed by atoms with Gasteiger partial charge in [0.2, 0.25) is 0 Å². The predicted molar refractivity (Wildman–Crippen MR) is 39.6 cm³/mol. The molecule has 2 saturated heterocycles. The van der Waals surface area contributed by atoms with E-state index in [0.29, 0.717) is 0 Å². The van der Waals surface area contributed by atoms with Gasteiger partial charge in [0.1, 0.15) is 0 Å². The molecular formula is C7H16N2. The first kappa shape index (κ1) is 7.03. The van der Waals surface area contributed by atoms with Gasteiger partial charge in [-0.05, 0) is 7.05 Å². The molecule has 1 N–H and O–H groups in total. The van der Waals surface area contributed by atoms with Crippen LogP contribution in [0.3, 0.4) is 0 Å². The van der Waals surface area contributed by atoms with Crippen molar-refractivity contribution in [1.82, 2.24) is 10.2 Å². The maximum absolute atomic E-state index is 3.33. The Kier molecular flexibility index (Phi) is 2.09. The van der Waals surface area contributed by atoms with E-state index in [1.165, 1.54) is 13.1 Å². The molecule has 0 aliphatic carbocycles. The first-order valence-electron chi connectivity index (χ1n) is 3.81. The Hall–Kier alpha value is -0.0800. The van der Waals surface area contributed by atoms with Crippen LogP contribution in [0.15, 0.2) is 0 Å². The van der Waals surface area contributed by atoms with Crippen molar-refractivity contribution in [2.45, 2.75) is 25.9 Å². The summed E-state index contributed by atoms with van der Waals surface area (Å²) in [6.07, 6.45) is 0. The smallest absolute Gasteiger partial charge is 0.0384 e. The number of likely N-dealkylation sites (tertiary alicyclic amines) is 1. The Labute approximate surface area is 57.2 Å². The quantitative estimate of drug-likeness (QED) is 0.504. The third-order valence-electron chi connectivity index (χ3n) is 2.10. The fourth-order valence-corrected chi connectivity index (χ4v) is 1.35. The van der Waals surface area contributed by atoms with Gasteiger partial charge in [-0.25, -0.2) is 0 Å². The molecular weight excluding hydrogens is 112 g/mol. The van der Waals surface area contributed by atoms with Gasteiger partial charge in [-0.15, -0.1) is 0 Å². The fourth-order valence-electron chi connectivity index (χ4n) is 1.35. The van der Waals surface area contributed by atoms with Crippen molar-refractivity contribution in [3.8, 4) is 0 Å². The fraction of sp³-hybridized carbons (Fsp3) is 1.00. The van der Waals surface area contributed by atoms with Gasteiger partial charge in [-0.2, -0.15) is 0 Å². The minimum Gasteiger partial charge on any atom is -0.310 e. The first-order chi connectivity index (χ1) is 4.38. The van der Waals surface area contributed by atoms with Crippen LogP contribution in [-0.4, -0.2) is 37.1 Å². The van der Waals surface area contributed by atoms with E-state index < -0.39 is 0 Å². The summed E-state index contributed by atoms with van der Waals surface area (Å²) in [6, 6.07) is 1.77. The zero-order chi connectivity index (χ0) is 6.85. The lowest BCUT2D eigenvalue weighted by molar-refractivity contribution is 0.00576. The van der Waals surface area contributed by atoms with Crippen LogP contribution in [0, 0.1) is 0 Å². The molecule has 0 spiro atoms. The number of rotatable bonds is 0. The number of nitrogens with one attached hydrogen (secondary N) is 1. The Morgan fingerprint density at radius 1 is 1.44 bits per heavy atom. The lowest BCUT2D eigenvalue weighted by Crippen LogP contribution is -2.76. The van der Waals surface area contributed by atoms with Gasteiger partial charge in [0.15, 0.2) is 0 Å². The third-order valence-corrected chi connectivity index (χ3v) is 2.10. The van der Waals surface area contributed by atoms with Crippen LogP contribution < -0.4 is 5.32 Å². The largest absolute Gasteiger partial charge is 0.310 e.